The average Bonchev–Trinajstić information content (AvgIpc) is 2.17. The average molecular weight is 193 g/mol. The van der Waals surface area contributed by atoms with Crippen LogP contribution in [-0.4, -0.2) is 35.4 Å². The highest BCUT2D eigenvalue weighted by Gasteiger charge is 2.11. The summed E-state index contributed by atoms with van der Waals surface area (Å²) in [6, 6.07) is 3.38. The normalized spacial score (nSPS) is 12.2. The lowest BCUT2D eigenvalue weighted by atomic mass is 10.2. The van der Waals surface area contributed by atoms with Gasteiger partial charge < -0.3 is 10.6 Å². The zero-order chi connectivity index (χ0) is 10.6. The molecule has 4 heteroatoms. The van der Waals surface area contributed by atoms with Crippen LogP contribution < -0.4 is 5.73 Å². The summed E-state index contributed by atoms with van der Waals surface area (Å²) in [5.74, 6) is -0.0234. The van der Waals surface area contributed by atoms with Gasteiger partial charge in [-0.3, -0.25) is 9.78 Å². The minimum Gasteiger partial charge on any atom is -0.340 e. The van der Waals surface area contributed by atoms with Crippen LogP contribution in [0.3, 0.4) is 0 Å². The molecule has 0 spiro atoms. The summed E-state index contributed by atoms with van der Waals surface area (Å²) in [5.41, 5.74) is 6.24. The van der Waals surface area contributed by atoms with Crippen molar-refractivity contribution in [1.29, 1.82) is 0 Å². The lowest BCUT2D eigenvalue weighted by molar-refractivity contribution is 0.0788. The van der Waals surface area contributed by atoms with Gasteiger partial charge in [0.2, 0.25) is 0 Å². The summed E-state index contributed by atoms with van der Waals surface area (Å²) in [6.07, 6.45) is 3.21. The second-order valence-electron chi connectivity index (χ2n) is 3.40. The number of pyridine rings is 1. The third-order valence-electron chi connectivity index (χ3n) is 1.84. The molecule has 14 heavy (non-hydrogen) atoms. The van der Waals surface area contributed by atoms with Crippen LogP contribution in [0.4, 0.5) is 0 Å². The number of rotatable bonds is 3. The van der Waals surface area contributed by atoms with E-state index >= 15 is 0 Å². The predicted octanol–water partition coefficient (Wildman–Crippen LogP) is 0.501. The molecule has 0 aliphatic rings. The van der Waals surface area contributed by atoms with E-state index in [9.17, 15) is 4.79 Å². The van der Waals surface area contributed by atoms with Gasteiger partial charge in [0, 0.05) is 37.6 Å². The summed E-state index contributed by atoms with van der Waals surface area (Å²) >= 11 is 0. The largest absolute Gasteiger partial charge is 0.340 e. The van der Waals surface area contributed by atoms with E-state index in [1.807, 2.05) is 6.92 Å². The summed E-state index contributed by atoms with van der Waals surface area (Å²) in [6.45, 7) is 2.43. The first-order valence-corrected chi connectivity index (χ1v) is 4.52. The molecule has 1 rings (SSSR count). The van der Waals surface area contributed by atoms with E-state index in [-0.39, 0.29) is 11.9 Å². The second-order valence-corrected chi connectivity index (χ2v) is 3.40. The molecule has 4 nitrogen and oxygen atoms in total. The predicted molar refractivity (Wildman–Crippen MR) is 54.8 cm³/mol. The quantitative estimate of drug-likeness (QED) is 0.760. The number of carbonyl (C=O) groups is 1. The van der Waals surface area contributed by atoms with Gasteiger partial charge in [0.15, 0.2) is 0 Å². The van der Waals surface area contributed by atoms with Crippen LogP contribution in [0.15, 0.2) is 24.5 Å². The van der Waals surface area contributed by atoms with Gasteiger partial charge in [-0.15, -0.1) is 0 Å². The van der Waals surface area contributed by atoms with Gasteiger partial charge in [-0.2, -0.15) is 0 Å². The molecule has 1 heterocycles. The van der Waals surface area contributed by atoms with Gasteiger partial charge in [-0.05, 0) is 19.1 Å². The highest BCUT2D eigenvalue weighted by Crippen LogP contribution is 2.01. The summed E-state index contributed by atoms with van der Waals surface area (Å²) in [4.78, 5) is 17.2. The molecule has 76 valence electrons. The first-order valence-electron chi connectivity index (χ1n) is 4.52. The Morgan fingerprint density at radius 1 is 1.57 bits per heavy atom. The monoisotopic (exact) mass is 193 g/mol. The Labute approximate surface area is 83.7 Å². The molecule has 0 saturated carbocycles. The SMILES string of the molecule is CC(N)CN(C)C(=O)c1ccncc1. The minimum atomic E-state index is -0.0234. The molecule has 0 aliphatic heterocycles. The molecule has 0 aliphatic carbocycles. The Hall–Kier alpha value is -1.42. The fourth-order valence-electron chi connectivity index (χ4n) is 1.23. The maximum absolute atomic E-state index is 11.7. The van der Waals surface area contributed by atoms with Gasteiger partial charge in [0.05, 0.1) is 0 Å². The minimum absolute atomic E-state index is 0.00853. The van der Waals surface area contributed by atoms with E-state index in [0.29, 0.717) is 12.1 Å². The molecule has 2 N–H and O–H groups in total. The Morgan fingerprint density at radius 3 is 2.64 bits per heavy atom. The van der Waals surface area contributed by atoms with Gasteiger partial charge in [-0.25, -0.2) is 0 Å². The number of aromatic nitrogens is 1. The van der Waals surface area contributed by atoms with Crippen molar-refractivity contribution in [3.8, 4) is 0 Å². The van der Waals surface area contributed by atoms with Gasteiger partial charge in [0.1, 0.15) is 0 Å². The van der Waals surface area contributed by atoms with Gasteiger partial charge in [-0.1, -0.05) is 0 Å². The van der Waals surface area contributed by atoms with Crippen molar-refractivity contribution in [1.82, 2.24) is 9.88 Å². The fraction of sp³-hybridized carbons (Fsp3) is 0.400. The summed E-state index contributed by atoms with van der Waals surface area (Å²) < 4.78 is 0. The van der Waals surface area contributed by atoms with E-state index < -0.39 is 0 Å². The number of amides is 1. The Bertz CT molecular complexity index is 297. The van der Waals surface area contributed by atoms with Crippen molar-refractivity contribution < 1.29 is 4.79 Å². The third kappa shape index (κ3) is 2.81. The van der Waals surface area contributed by atoms with Crippen LogP contribution in [0.2, 0.25) is 0 Å². The molecular formula is C10H15N3O. The highest BCUT2D eigenvalue weighted by molar-refractivity contribution is 5.93. The van der Waals surface area contributed by atoms with E-state index in [2.05, 4.69) is 4.98 Å². The molecule has 1 aromatic heterocycles. The van der Waals surface area contributed by atoms with Crippen molar-refractivity contribution in [2.24, 2.45) is 5.73 Å². The molecule has 0 saturated heterocycles. The zero-order valence-electron chi connectivity index (χ0n) is 8.47. The number of hydrogen-bond acceptors (Lipinski definition) is 3. The second kappa shape index (κ2) is 4.72. The Kier molecular flexibility index (Phi) is 3.59. The summed E-state index contributed by atoms with van der Waals surface area (Å²) in [7, 11) is 1.74. The number of nitrogens with two attached hydrogens (primary N) is 1. The van der Waals surface area contributed by atoms with Crippen LogP contribution in [-0.2, 0) is 0 Å². The van der Waals surface area contributed by atoms with Crippen LogP contribution in [0.5, 0.6) is 0 Å². The van der Waals surface area contributed by atoms with Crippen molar-refractivity contribution in [2.45, 2.75) is 13.0 Å². The van der Waals surface area contributed by atoms with Crippen molar-refractivity contribution in [3.63, 3.8) is 0 Å². The van der Waals surface area contributed by atoms with E-state index in [1.54, 1.807) is 36.5 Å². The first-order chi connectivity index (χ1) is 6.61. The van der Waals surface area contributed by atoms with E-state index in [4.69, 9.17) is 5.73 Å². The van der Waals surface area contributed by atoms with Crippen molar-refractivity contribution >= 4 is 5.91 Å². The number of carbonyl (C=O) groups excluding carboxylic acids is 1. The number of nitrogens with zero attached hydrogens (tertiary/aromatic N) is 2. The molecule has 0 bridgehead atoms. The van der Waals surface area contributed by atoms with E-state index in [1.165, 1.54) is 0 Å². The van der Waals surface area contributed by atoms with Gasteiger partial charge >= 0.3 is 0 Å². The molecule has 0 fully saturated rings. The fourth-order valence-corrected chi connectivity index (χ4v) is 1.23. The third-order valence-corrected chi connectivity index (χ3v) is 1.84. The standard InChI is InChI=1S/C10H15N3O/c1-8(11)7-13(2)10(14)9-3-5-12-6-4-9/h3-6,8H,7,11H2,1-2H3. The number of hydrogen-bond donors (Lipinski definition) is 1. The van der Waals surface area contributed by atoms with Crippen LogP contribution in [0.25, 0.3) is 0 Å². The zero-order valence-corrected chi connectivity index (χ0v) is 8.47. The molecule has 0 radical (unpaired) electrons. The topological polar surface area (TPSA) is 59.2 Å². The molecule has 1 amide bonds. The Balaban J connectivity index is 2.66. The van der Waals surface area contributed by atoms with Crippen LogP contribution >= 0.6 is 0 Å². The van der Waals surface area contributed by atoms with E-state index in [0.717, 1.165) is 0 Å². The van der Waals surface area contributed by atoms with Gasteiger partial charge in [0.25, 0.3) is 5.91 Å². The maximum atomic E-state index is 11.7. The smallest absolute Gasteiger partial charge is 0.253 e. The van der Waals surface area contributed by atoms with Crippen molar-refractivity contribution in [2.75, 3.05) is 13.6 Å². The van der Waals surface area contributed by atoms with Crippen molar-refractivity contribution in [3.05, 3.63) is 30.1 Å². The molecule has 1 aromatic rings. The van der Waals surface area contributed by atoms with Crippen LogP contribution in [0.1, 0.15) is 17.3 Å². The lowest BCUT2D eigenvalue weighted by Crippen LogP contribution is -2.36. The Morgan fingerprint density at radius 2 is 2.14 bits per heavy atom. The molecule has 0 aromatic carbocycles. The first kappa shape index (κ1) is 10.7. The molecule has 1 atom stereocenters. The van der Waals surface area contributed by atoms with Crippen LogP contribution in [0, 0.1) is 0 Å². The molecule has 1 unspecified atom stereocenters. The highest BCUT2D eigenvalue weighted by atomic mass is 16.2. The molecular weight excluding hydrogens is 178 g/mol. The lowest BCUT2D eigenvalue weighted by Gasteiger charge is -2.19. The number of likely N-dealkylation sites (N-methyl/N-ethyl adjacent to an activating group) is 1. The maximum Gasteiger partial charge on any atom is 0.253 e. The summed E-state index contributed by atoms with van der Waals surface area (Å²) in [5, 5.41) is 0.